The van der Waals surface area contributed by atoms with Gasteiger partial charge in [-0.3, -0.25) is 0 Å². The molecule has 54 heavy (non-hydrogen) atoms. The molecule has 8 aromatic carbocycles. The Labute approximate surface area is 318 Å². The van der Waals surface area contributed by atoms with E-state index in [0.717, 1.165) is 23.5 Å². The molecule has 0 unspecified atom stereocenters. The van der Waals surface area contributed by atoms with E-state index in [0.29, 0.717) is 0 Å². The predicted octanol–water partition coefficient (Wildman–Crippen LogP) is 13.7. The van der Waals surface area contributed by atoms with Gasteiger partial charge in [0.1, 0.15) is 0 Å². The van der Waals surface area contributed by atoms with Crippen LogP contribution in [-0.4, -0.2) is 0 Å². The maximum absolute atomic E-state index is 2.51. The molecule has 1 heteroatoms. The lowest BCUT2D eigenvalue weighted by atomic mass is 9.67. The second-order valence-electron chi connectivity index (χ2n) is 14.7. The zero-order valence-corrected chi connectivity index (χ0v) is 30.3. The molecular weight excluding hydrogens is 651 g/mol. The summed E-state index contributed by atoms with van der Waals surface area (Å²) in [4.78, 5) is 2.45. The minimum Gasteiger partial charge on any atom is -0.310 e. The van der Waals surface area contributed by atoms with E-state index in [1.807, 2.05) is 0 Å². The fourth-order valence-corrected chi connectivity index (χ4v) is 9.36. The van der Waals surface area contributed by atoms with Crippen LogP contribution in [0.2, 0.25) is 0 Å². The number of para-hydroxylation sites is 2. The first kappa shape index (κ1) is 32.2. The van der Waals surface area contributed by atoms with Gasteiger partial charge in [0.25, 0.3) is 0 Å². The molecule has 0 spiro atoms. The standard InChI is InChI=1S/C53H41N/c1-5-20-41(21-6-1)53(42-22-7-2-8-23-42)50-31-16-15-29-47(50)49-36-48(40-34-32-39(33-35-40)46-30-17-19-38-18-13-14-28-45(38)46)52(37-51(49)53)54(43-24-9-3-10-25-43)44-26-11-4-12-27-44/h1-12,15-17,19-27,29-37H,13-14,18,28H2. The summed E-state index contributed by atoms with van der Waals surface area (Å²) in [7, 11) is 0. The van der Waals surface area contributed by atoms with Gasteiger partial charge in [-0.25, -0.2) is 0 Å². The van der Waals surface area contributed by atoms with Gasteiger partial charge in [-0.05, 0) is 123 Å². The number of aryl methyl sites for hydroxylation is 1. The first-order valence-corrected chi connectivity index (χ1v) is 19.3. The average molecular weight is 692 g/mol. The van der Waals surface area contributed by atoms with Gasteiger partial charge < -0.3 is 4.90 Å². The molecule has 0 saturated heterocycles. The van der Waals surface area contributed by atoms with Crippen LogP contribution in [0.25, 0.3) is 33.4 Å². The Balaban J connectivity index is 1.26. The molecule has 0 bridgehead atoms. The molecule has 2 aliphatic rings. The number of fused-ring (bicyclic) bond motifs is 4. The maximum Gasteiger partial charge on any atom is 0.0714 e. The van der Waals surface area contributed by atoms with Crippen molar-refractivity contribution in [1.82, 2.24) is 0 Å². The summed E-state index contributed by atoms with van der Waals surface area (Å²) < 4.78 is 0. The van der Waals surface area contributed by atoms with E-state index in [-0.39, 0.29) is 0 Å². The summed E-state index contributed by atoms with van der Waals surface area (Å²) in [6, 6.07) is 74.2. The van der Waals surface area contributed by atoms with Crippen molar-refractivity contribution < 1.29 is 0 Å². The third kappa shape index (κ3) is 5.23. The van der Waals surface area contributed by atoms with Crippen LogP contribution in [0.1, 0.15) is 46.2 Å². The molecule has 0 saturated carbocycles. The third-order valence-corrected chi connectivity index (χ3v) is 11.7. The summed E-state index contributed by atoms with van der Waals surface area (Å²) in [5.41, 5.74) is 18.7. The first-order valence-electron chi connectivity index (χ1n) is 19.3. The summed E-state index contributed by atoms with van der Waals surface area (Å²) in [5.74, 6) is 0. The molecule has 0 heterocycles. The predicted molar refractivity (Wildman–Crippen MR) is 226 cm³/mol. The van der Waals surface area contributed by atoms with Gasteiger partial charge in [-0.1, -0.05) is 164 Å². The van der Waals surface area contributed by atoms with E-state index >= 15 is 0 Å². The minimum absolute atomic E-state index is 0.503. The molecule has 258 valence electrons. The van der Waals surface area contributed by atoms with E-state index in [1.165, 1.54) is 86.0 Å². The van der Waals surface area contributed by atoms with Crippen LogP contribution in [0.3, 0.4) is 0 Å². The molecule has 0 radical (unpaired) electrons. The first-order chi connectivity index (χ1) is 26.8. The Kier molecular flexibility index (Phi) is 8.07. The molecule has 0 fully saturated rings. The van der Waals surface area contributed by atoms with Crippen LogP contribution in [0.15, 0.2) is 200 Å². The molecule has 1 nitrogen and oxygen atoms in total. The summed E-state index contributed by atoms with van der Waals surface area (Å²) in [6.07, 6.45) is 4.90. The normalized spacial score (nSPS) is 13.8. The van der Waals surface area contributed by atoms with Gasteiger partial charge in [0, 0.05) is 16.9 Å². The maximum atomic E-state index is 2.51. The van der Waals surface area contributed by atoms with Crippen LogP contribution in [0.5, 0.6) is 0 Å². The molecule has 0 aliphatic heterocycles. The zero-order valence-electron chi connectivity index (χ0n) is 30.3. The van der Waals surface area contributed by atoms with E-state index in [9.17, 15) is 0 Å². The second-order valence-corrected chi connectivity index (χ2v) is 14.7. The molecule has 0 amide bonds. The largest absolute Gasteiger partial charge is 0.310 e. The highest BCUT2D eigenvalue weighted by atomic mass is 15.1. The quantitative estimate of drug-likeness (QED) is 0.161. The topological polar surface area (TPSA) is 3.24 Å². The van der Waals surface area contributed by atoms with E-state index < -0.39 is 5.41 Å². The average Bonchev–Trinajstić information content (AvgIpc) is 3.55. The highest BCUT2D eigenvalue weighted by Crippen LogP contribution is 2.58. The van der Waals surface area contributed by atoms with Gasteiger partial charge in [0.15, 0.2) is 0 Å². The summed E-state index contributed by atoms with van der Waals surface area (Å²) in [5, 5.41) is 0. The van der Waals surface area contributed by atoms with Crippen LogP contribution in [-0.2, 0) is 18.3 Å². The van der Waals surface area contributed by atoms with Gasteiger partial charge in [0.05, 0.1) is 11.1 Å². The number of hydrogen-bond donors (Lipinski definition) is 0. The fraction of sp³-hybridized carbons (Fsp3) is 0.0943. The Morgan fingerprint density at radius 1 is 0.370 bits per heavy atom. The van der Waals surface area contributed by atoms with Crippen molar-refractivity contribution in [3.63, 3.8) is 0 Å². The third-order valence-electron chi connectivity index (χ3n) is 11.7. The van der Waals surface area contributed by atoms with Crippen LogP contribution in [0, 0.1) is 0 Å². The van der Waals surface area contributed by atoms with Crippen molar-refractivity contribution in [2.75, 3.05) is 4.90 Å². The van der Waals surface area contributed by atoms with Gasteiger partial charge >= 0.3 is 0 Å². The van der Waals surface area contributed by atoms with Crippen molar-refractivity contribution in [3.8, 4) is 33.4 Å². The smallest absolute Gasteiger partial charge is 0.0714 e. The molecule has 0 aromatic heterocycles. The number of nitrogens with zero attached hydrogens (tertiary/aromatic N) is 1. The monoisotopic (exact) mass is 691 g/mol. The molecule has 10 rings (SSSR count). The van der Waals surface area contributed by atoms with Crippen molar-refractivity contribution >= 4 is 17.1 Å². The van der Waals surface area contributed by atoms with E-state index in [4.69, 9.17) is 0 Å². The Morgan fingerprint density at radius 3 is 1.52 bits per heavy atom. The summed E-state index contributed by atoms with van der Waals surface area (Å²) >= 11 is 0. The molecule has 0 atom stereocenters. The fourth-order valence-electron chi connectivity index (χ4n) is 9.36. The molecular formula is C53H41N. The second kappa shape index (κ2) is 13.5. The lowest BCUT2D eigenvalue weighted by Crippen LogP contribution is -2.28. The lowest BCUT2D eigenvalue weighted by Gasteiger charge is -2.35. The van der Waals surface area contributed by atoms with E-state index in [1.54, 1.807) is 0 Å². The molecule has 2 aliphatic carbocycles. The van der Waals surface area contributed by atoms with Crippen LogP contribution < -0.4 is 4.90 Å². The van der Waals surface area contributed by atoms with Crippen molar-refractivity contribution in [1.29, 1.82) is 0 Å². The zero-order chi connectivity index (χ0) is 35.9. The Hall–Kier alpha value is -6.44. The highest BCUT2D eigenvalue weighted by molar-refractivity contribution is 5.96. The lowest BCUT2D eigenvalue weighted by molar-refractivity contribution is 0.687. The van der Waals surface area contributed by atoms with E-state index in [2.05, 4.69) is 205 Å². The number of rotatable bonds is 7. The number of hydrogen-bond acceptors (Lipinski definition) is 1. The molecule has 0 N–H and O–H groups in total. The Bertz CT molecular complexity index is 2490. The number of anilines is 3. The van der Waals surface area contributed by atoms with Gasteiger partial charge in [-0.2, -0.15) is 0 Å². The molecule has 8 aromatic rings. The van der Waals surface area contributed by atoms with Crippen molar-refractivity contribution in [3.05, 3.63) is 234 Å². The van der Waals surface area contributed by atoms with Crippen molar-refractivity contribution in [2.45, 2.75) is 31.1 Å². The van der Waals surface area contributed by atoms with Gasteiger partial charge in [-0.15, -0.1) is 0 Å². The van der Waals surface area contributed by atoms with Gasteiger partial charge in [0.2, 0.25) is 0 Å². The van der Waals surface area contributed by atoms with Crippen molar-refractivity contribution in [2.24, 2.45) is 0 Å². The van der Waals surface area contributed by atoms with Crippen LogP contribution in [0.4, 0.5) is 17.1 Å². The Morgan fingerprint density at radius 2 is 0.889 bits per heavy atom. The number of benzene rings is 8. The minimum atomic E-state index is -0.503. The van der Waals surface area contributed by atoms with Crippen LogP contribution >= 0.6 is 0 Å². The summed E-state index contributed by atoms with van der Waals surface area (Å²) in [6.45, 7) is 0. The highest BCUT2D eigenvalue weighted by Gasteiger charge is 2.46. The SMILES string of the molecule is c1ccc(N(c2ccccc2)c2cc3c(cc2-c2ccc(-c4cccc5c4CCCC5)cc2)-c2ccccc2C3(c2ccccc2)c2ccccc2)cc1.